The Balaban J connectivity index is 1.72. The number of carbonyl (C=O) groups is 1. The normalized spacial score (nSPS) is 15.7. The Morgan fingerprint density at radius 1 is 1.41 bits per heavy atom. The Kier molecular flexibility index (Phi) is 3.26. The molecule has 0 bridgehead atoms. The van der Waals surface area contributed by atoms with E-state index in [0.717, 1.165) is 23.2 Å². The van der Waals surface area contributed by atoms with E-state index in [1.807, 2.05) is 6.07 Å². The first kappa shape index (κ1) is 13.6. The van der Waals surface area contributed by atoms with Gasteiger partial charge < -0.3 is 14.4 Å². The Bertz CT molecular complexity index is 824. The SMILES string of the molecule is Cc1cc(NC(=O)c2cc3sccc3n2C2CCCC2)no1. The molecule has 3 aromatic rings. The Labute approximate surface area is 131 Å². The number of hydrogen-bond donors (Lipinski definition) is 1. The number of thiophene rings is 1. The minimum atomic E-state index is -0.122. The minimum Gasteiger partial charge on any atom is -0.360 e. The van der Waals surface area contributed by atoms with Crippen molar-refractivity contribution in [3.05, 3.63) is 35.0 Å². The zero-order chi connectivity index (χ0) is 15.1. The van der Waals surface area contributed by atoms with E-state index in [1.54, 1.807) is 24.3 Å². The molecule has 0 atom stereocenters. The van der Waals surface area contributed by atoms with Gasteiger partial charge in [-0.25, -0.2) is 0 Å². The highest BCUT2D eigenvalue weighted by Gasteiger charge is 2.25. The summed E-state index contributed by atoms with van der Waals surface area (Å²) >= 11 is 1.67. The average molecular weight is 315 g/mol. The fourth-order valence-electron chi connectivity index (χ4n) is 3.28. The molecule has 0 aliphatic heterocycles. The van der Waals surface area contributed by atoms with Crippen molar-refractivity contribution in [2.24, 2.45) is 0 Å². The van der Waals surface area contributed by atoms with Crippen molar-refractivity contribution in [3.63, 3.8) is 0 Å². The van der Waals surface area contributed by atoms with Crippen molar-refractivity contribution in [2.45, 2.75) is 38.6 Å². The molecule has 0 saturated heterocycles. The van der Waals surface area contributed by atoms with Gasteiger partial charge in [-0.15, -0.1) is 11.3 Å². The monoisotopic (exact) mass is 315 g/mol. The Hall–Kier alpha value is -2.08. The maximum absolute atomic E-state index is 12.7. The highest BCUT2D eigenvalue weighted by molar-refractivity contribution is 7.17. The number of rotatable bonds is 3. The lowest BCUT2D eigenvalue weighted by atomic mass is 10.2. The van der Waals surface area contributed by atoms with Crippen molar-refractivity contribution in [1.82, 2.24) is 9.72 Å². The lowest BCUT2D eigenvalue weighted by Crippen LogP contribution is -2.19. The number of anilines is 1. The van der Waals surface area contributed by atoms with E-state index < -0.39 is 0 Å². The van der Waals surface area contributed by atoms with Crippen molar-refractivity contribution in [3.8, 4) is 0 Å². The van der Waals surface area contributed by atoms with Crippen LogP contribution in [0.5, 0.6) is 0 Å². The third-order valence-corrected chi connectivity index (χ3v) is 5.11. The molecular formula is C16H17N3O2S. The number of carbonyl (C=O) groups excluding carboxylic acids is 1. The summed E-state index contributed by atoms with van der Waals surface area (Å²) in [4.78, 5) is 12.7. The summed E-state index contributed by atoms with van der Waals surface area (Å²) in [6, 6.07) is 6.24. The third-order valence-electron chi connectivity index (χ3n) is 4.25. The number of fused-ring (bicyclic) bond motifs is 1. The highest BCUT2D eigenvalue weighted by Crippen LogP contribution is 2.36. The molecule has 1 amide bonds. The van der Waals surface area contributed by atoms with Crippen LogP contribution >= 0.6 is 11.3 Å². The number of aryl methyl sites for hydroxylation is 1. The molecule has 5 nitrogen and oxygen atoms in total. The van der Waals surface area contributed by atoms with Crippen LogP contribution in [0.15, 0.2) is 28.1 Å². The molecule has 3 heterocycles. The topological polar surface area (TPSA) is 60.1 Å². The maximum atomic E-state index is 12.7. The van der Waals surface area contributed by atoms with E-state index in [-0.39, 0.29) is 5.91 Å². The molecule has 0 unspecified atom stereocenters. The fraction of sp³-hybridized carbons (Fsp3) is 0.375. The second-order valence-electron chi connectivity index (χ2n) is 5.78. The van der Waals surface area contributed by atoms with Gasteiger partial charge in [0.1, 0.15) is 11.5 Å². The largest absolute Gasteiger partial charge is 0.360 e. The van der Waals surface area contributed by atoms with Crippen LogP contribution in [-0.4, -0.2) is 15.6 Å². The van der Waals surface area contributed by atoms with Gasteiger partial charge in [0.15, 0.2) is 5.82 Å². The summed E-state index contributed by atoms with van der Waals surface area (Å²) in [5, 5.41) is 8.75. The van der Waals surface area contributed by atoms with Gasteiger partial charge in [0.05, 0.1) is 10.2 Å². The van der Waals surface area contributed by atoms with E-state index in [1.165, 1.54) is 18.4 Å². The van der Waals surface area contributed by atoms with Crippen molar-refractivity contribution < 1.29 is 9.32 Å². The van der Waals surface area contributed by atoms with E-state index >= 15 is 0 Å². The molecule has 6 heteroatoms. The van der Waals surface area contributed by atoms with Crippen LogP contribution in [-0.2, 0) is 0 Å². The lowest BCUT2D eigenvalue weighted by Gasteiger charge is -2.16. The molecule has 3 aromatic heterocycles. The van der Waals surface area contributed by atoms with Crippen LogP contribution in [0.1, 0.15) is 48.0 Å². The minimum absolute atomic E-state index is 0.122. The van der Waals surface area contributed by atoms with Gasteiger partial charge >= 0.3 is 0 Å². The van der Waals surface area contributed by atoms with E-state index in [0.29, 0.717) is 17.6 Å². The Morgan fingerprint density at radius 3 is 2.95 bits per heavy atom. The van der Waals surface area contributed by atoms with Gasteiger partial charge in [-0.3, -0.25) is 4.79 Å². The van der Waals surface area contributed by atoms with Crippen LogP contribution in [0, 0.1) is 6.92 Å². The van der Waals surface area contributed by atoms with E-state index in [4.69, 9.17) is 4.52 Å². The fourth-order valence-corrected chi connectivity index (χ4v) is 4.09. The van der Waals surface area contributed by atoms with E-state index in [2.05, 4.69) is 26.5 Å². The van der Waals surface area contributed by atoms with Gasteiger partial charge in [-0.1, -0.05) is 18.0 Å². The third kappa shape index (κ3) is 2.23. The van der Waals surface area contributed by atoms with Crippen molar-refractivity contribution >= 4 is 33.3 Å². The zero-order valence-corrected chi connectivity index (χ0v) is 13.2. The first-order chi connectivity index (χ1) is 10.7. The van der Waals surface area contributed by atoms with Gasteiger partial charge in [-0.2, -0.15) is 0 Å². The number of nitrogens with zero attached hydrogens (tertiary/aromatic N) is 2. The molecule has 1 fully saturated rings. The molecule has 0 aromatic carbocycles. The van der Waals surface area contributed by atoms with Crippen molar-refractivity contribution in [1.29, 1.82) is 0 Å². The first-order valence-corrected chi connectivity index (χ1v) is 8.43. The number of nitrogens with one attached hydrogen (secondary N) is 1. The van der Waals surface area contributed by atoms with Crippen LogP contribution in [0.4, 0.5) is 5.82 Å². The van der Waals surface area contributed by atoms with Crippen LogP contribution < -0.4 is 5.32 Å². The number of amides is 1. The predicted molar refractivity (Wildman–Crippen MR) is 86.5 cm³/mol. The lowest BCUT2D eigenvalue weighted by molar-refractivity contribution is 0.101. The Morgan fingerprint density at radius 2 is 2.23 bits per heavy atom. The first-order valence-electron chi connectivity index (χ1n) is 7.55. The quantitative estimate of drug-likeness (QED) is 0.781. The summed E-state index contributed by atoms with van der Waals surface area (Å²) in [6.07, 6.45) is 4.75. The van der Waals surface area contributed by atoms with Gasteiger partial charge in [0.25, 0.3) is 5.91 Å². The van der Waals surface area contributed by atoms with Crippen LogP contribution in [0.25, 0.3) is 10.2 Å². The summed E-state index contributed by atoms with van der Waals surface area (Å²) in [5.41, 5.74) is 1.88. The molecule has 1 saturated carbocycles. The summed E-state index contributed by atoms with van der Waals surface area (Å²) in [7, 11) is 0. The second kappa shape index (κ2) is 5.28. The molecule has 0 spiro atoms. The molecule has 1 aliphatic rings. The molecule has 4 rings (SSSR count). The predicted octanol–water partition coefficient (Wildman–Crippen LogP) is 4.37. The van der Waals surface area contributed by atoms with Gasteiger partial charge in [-0.05, 0) is 37.3 Å². The van der Waals surface area contributed by atoms with Crippen LogP contribution in [0.2, 0.25) is 0 Å². The molecule has 1 N–H and O–H groups in total. The molecular weight excluding hydrogens is 298 g/mol. The van der Waals surface area contributed by atoms with E-state index in [9.17, 15) is 4.79 Å². The maximum Gasteiger partial charge on any atom is 0.273 e. The summed E-state index contributed by atoms with van der Waals surface area (Å²) in [5.74, 6) is 1.02. The number of aromatic nitrogens is 2. The molecule has 0 radical (unpaired) electrons. The van der Waals surface area contributed by atoms with Gasteiger partial charge in [0.2, 0.25) is 0 Å². The summed E-state index contributed by atoms with van der Waals surface area (Å²) < 4.78 is 8.38. The standard InChI is InChI=1S/C16H17N3O2S/c1-10-8-15(18-21-10)17-16(20)13-9-14-12(6-7-22-14)19(13)11-4-2-3-5-11/h6-9,11H,2-5H2,1H3,(H,17,18,20). The smallest absolute Gasteiger partial charge is 0.273 e. The highest BCUT2D eigenvalue weighted by atomic mass is 32.1. The average Bonchev–Trinajstić information content (AvgIpc) is 3.20. The van der Waals surface area contributed by atoms with Crippen molar-refractivity contribution in [2.75, 3.05) is 5.32 Å². The molecule has 114 valence electrons. The number of hydrogen-bond acceptors (Lipinski definition) is 4. The zero-order valence-electron chi connectivity index (χ0n) is 12.3. The molecule has 22 heavy (non-hydrogen) atoms. The second-order valence-corrected chi connectivity index (χ2v) is 6.73. The van der Waals surface area contributed by atoms with Gasteiger partial charge in [0, 0.05) is 12.1 Å². The molecule has 1 aliphatic carbocycles. The summed E-state index contributed by atoms with van der Waals surface area (Å²) in [6.45, 7) is 1.81. The van der Waals surface area contributed by atoms with Crippen LogP contribution in [0.3, 0.4) is 0 Å².